The molecule has 0 aliphatic heterocycles. The highest BCUT2D eigenvalue weighted by molar-refractivity contribution is 5.77. The van der Waals surface area contributed by atoms with Crippen LogP contribution in [0.3, 0.4) is 0 Å². The minimum absolute atomic E-state index is 0.216. The van der Waals surface area contributed by atoms with Gasteiger partial charge in [-0.3, -0.25) is 10.2 Å². The van der Waals surface area contributed by atoms with Crippen LogP contribution in [-0.2, 0) is 11.2 Å². The fourth-order valence-electron chi connectivity index (χ4n) is 1.54. The van der Waals surface area contributed by atoms with E-state index in [-0.39, 0.29) is 12.3 Å². The molecule has 18 heavy (non-hydrogen) atoms. The number of rotatable bonds is 4. The number of hydrogen-bond donors (Lipinski definition) is 2. The third kappa shape index (κ3) is 3.33. The van der Waals surface area contributed by atoms with E-state index in [4.69, 9.17) is 10.6 Å². The number of hydrogen-bond acceptors (Lipinski definition) is 3. The van der Waals surface area contributed by atoms with E-state index in [2.05, 4.69) is 5.43 Å². The first-order chi connectivity index (χ1) is 8.78. The second-order valence-electron chi connectivity index (χ2n) is 3.80. The highest BCUT2D eigenvalue weighted by Crippen LogP contribution is 2.21. The molecule has 0 aliphatic rings. The largest absolute Gasteiger partial charge is 0.457 e. The van der Waals surface area contributed by atoms with Crippen molar-refractivity contribution < 1.29 is 9.53 Å². The number of ether oxygens (including phenoxy) is 1. The Labute approximate surface area is 105 Å². The van der Waals surface area contributed by atoms with Gasteiger partial charge in [-0.1, -0.05) is 30.3 Å². The molecule has 1 amide bonds. The SMILES string of the molecule is NNC(=O)Cc1ccc(Oc2ccccc2)cc1. The summed E-state index contributed by atoms with van der Waals surface area (Å²) in [5.41, 5.74) is 2.99. The van der Waals surface area contributed by atoms with Crippen molar-refractivity contribution in [1.82, 2.24) is 5.43 Å². The number of amides is 1. The molecular weight excluding hydrogens is 228 g/mol. The second-order valence-corrected chi connectivity index (χ2v) is 3.80. The molecule has 4 nitrogen and oxygen atoms in total. The Balaban J connectivity index is 2.02. The van der Waals surface area contributed by atoms with E-state index in [0.29, 0.717) is 0 Å². The first-order valence-corrected chi connectivity index (χ1v) is 5.59. The zero-order valence-corrected chi connectivity index (χ0v) is 9.80. The van der Waals surface area contributed by atoms with Gasteiger partial charge in [0.25, 0.3) is 0 Å². The number of carbonyl (C=O) groups is 1. The quantitative estimate of drug-likeness (QED) is 0.489. The fraction of sp³-hybridized carbons (Fsp3) is 0.0714. The van der Waals surface area contributed by atoms with Crippen molar-refractivity contribution in [1.29, 1.82) is 0 Å². The van der Waals surface area contributed by atoms with Crippen LogP contribution in [0.5, 0.6) is 11.5 Å². The lowest BCUT2D eigenvalue weighted by Crippen LogP contribution is -2.31. The molecule has 0 fully saturated rings. The van der Waals surface area contributed by atoms with Gasteiger partial charge in [-0.25, -0.2) is 5.84 Å². The average Bonchev–Trinajstić information content (AvgIpc) is 2.42. The molecule has 92 valence electrons. The van der Waals surface area contributed by atoms with Gasteiger partial charge in [0, 0.05) is 0 Å². The van der Waals surface area contributed by atoms with Crippen LogP contribution in [0.4, 0.5) is 0 Å². The van der Waals surface area contributed by atoms with E-state index in [1.54, 1.807) is 0 Å². The van der Waals surface area contributed by atoms with Gasteiger partial charge in [0.15, 0.2) is 0 Å². The molecule has 0 atom stereocenters. The third-order valence-corrected chi connectivity index (χ3v) is 2.43. The summed E-state index contributed by atoms with van der Waals surface area (Å²) in [5.74, 6) is 6.33. The Morgan fingerprint density at radius 1 is 1.00 bits per heavy atom. The fourth-order valence-corrected chi connectivity index (χ4v) is 1.54. The van der Waals surface area contributed by atoms with Gasteiger partial charge in [0.2, 0.25) is 5.91 Å². The van der Waals surface area contributed by atoms with Crippen molar-refractivity contribution in [3.63, 3.8) is 0 Å². The van der Waals surface area contributed by atoms with Gasteiger partial charge in [-0.05, 0) is 29.8 Å². The molecule has 2 aromatic carbocycles. The lowest BCUT2D eigenvalue weighted by molar-refractivity contribution is -0.120. The van der Waals surface area contributed by atoms with Crippen LogP contribution < -0.4 is 16.0 Å². The Kier molecular flexibility index (Phi) is 3.94. The minimum atomic E-state index is -0.216. The smallest absolute Gasteiger partial charge is 0.238 e. The van der Waals surface area contributed by atoms with Gasteiger partial charge in [-0.2, -0.15) is 0 Å². The van der Waals surface area contributed by atoms with E-state index in [9.17, 15) is 4.79 Å². The zero-order valence-electron chi connectivity index (χ0n) is 9.80. The van der Waals surface area contributed by atoms with Crippen LogP contribution in [-0.4, -0.2) is 5.91 Å². The van der Waals surface area contributed by atoms with Crippen molar-refractivity contribution in [2.75, 3.05) is 0 Å². The summed E-state index contributed by atoms with van der Waals surface area (Å²) in [4.78, 5) is 11.1. The zero-order chi connectivity index (χ0) is 12.8. The molecule has 0 saturated carbocycles. The normalized spacial score (nSPS) is 9.83. The molecular formula is C14H14N2O2. The van der Waals surface area contributed by atoms with E-state index < -0.39 is 0 Å². The Morgan fingerprint density at radius 2 is 1.61 bits per heavy atom. The van der Waals surface area contributed by atoms with Gasteiger partial charge < -0.3 is 4.74 Å². The van der Waals surface area contributed by atoms with Crippen LogP contribution in [0.15, 0.2) is 54.6 Å². The summed E-state index contributed by atoms with van der Waals surface area (Å²) < 4.78 is 5.64. The molecule has 0 aromatic heterocycles. The molecule has 0 radical (unpaired) electrons. The van der Waals surface area contributed by atoms with Crippen molar-refractivity contribution in [3.05, 3.63) is 60.2 Å². The second kappa shape index (κ2) is 5.84. The topological polar surface area (TPSA) is 64.3 Å². The van der Waals surface area contributed by atoms with Crippen LogP contribution >= 0.6 is 0 Å². The number of hydrazine groups is 1. The van der Waals surface area contributed by atoms with Crippen LogP contribution in [0.25, 0.3) is 0 Å². The summed E-state index contributed by atoms with van der Waals surface area (Å²) in [7, 11) is 0. The first-order valence-electron chi connectivity index (χ1n) is 5.59. The molecule has 4 heteroatoms. The molecule has 3 N–H and O–H groups in total. The summed E-state index contributed by atoms with van der Waals surface area (Å²) in [6, 6.07) is 16.9. The molecule has 0 aliphatic carbocycles. The molecule has 0 unspecified atom stereocenters. The highest BCUT2D eigenvalue weighted by Gasteiger charge is 2.02. The number of para-hydroxylation sites is 1. The van der Waals surface area contributed by atoms with Gasteiger partial charge in [0.05, 0.1) is 6.42 Å². The third-order valence-electron chi connectivity index (χ3n) is 2.43. The van der Waals surface area contributed by atoms with Crippen molar-refractivity contribution >= 4 is 5.91 Å². The Bertz CT molecular complexity index is 509. The predicted molar refractivity (Wildman–Crippen MR) is 69.0 cm³/mol. The number of carbonyl (C=O) groups excluding carboxylic acids is 1. The van der Waals surface area contributed by atoms with Crippen molar-refractivity contribution in [2.24, 2.45) is 5.84 Å². The number of nitrogens with two attached hydrogens (primary N) is 1. The minimum Gasteiger partial charge on any atom is -0.457 e. The predicted octanol–water partition coefficient (Wildman–Crippen LogP) is 2.01. The molecule has 0 spiro atoms. The van der Waals surface area contributed by atoms with E-state index in [1.165, 1.54) is 0 Å². The Hall–Kier alpha value is -2.33. The lowest BCUT2D eigenvalue weighted by Gasteiger charge is -2.06. The molecule has 2 aromatic rings. The van der Waals surface area contributed by atoms with Crippen LogP contribution in [0, 0.1) is 0 Å². The van der Waals surface area contributed by atoms with Gasteiger partial charge >= 0.3 is 0 Å². The first kappa shape index (κ1) is 12.1. The maximum Gasteiger partial charge on any atom is 0.238 e. The van der Waals surface area contributed by atoms with Gasteiger partial charge in [-0.15, -0.1) is 0 Å². The summed E-state index contributed by atoms with van der Waals surface area (Å²) in [6.07, 6.45) is 0.266. The standard InChI is InChI=1S/C14H14N2O2/c15-16-14(17)10-11-6-8-13(9-7-11)18-12-4-2-1-3-5-12/h1-9H,10,15H2,(H,16,17). The number of nitrogens with one attached hydrogen (secondary N) is 1. The molecule has 0 saturated heterocycles. The van der Waals surface area contributed by atoms with Crippen LogP contribution in [0.2, 0.25) is 0 Å². The van der Waals surface area contributed by atoms with Crippen molar-refractivity contribution in [2.45, 2.75) is 6.42 Å². The maximum atomic E-state index is 11.1. The molecule has 0 heterocycles. The van der Waals surface area contributed by atoms with Crippen molar-refractivity contribution in [3.8, 4) is 11.5 Å². The van der Waals surface area contributed by atoms with Crippen LogP contribution in [0.1, 0.15) is 5.56 Å². The summed E-state index contributed by atoms with van der Waals surface area (Å²) in [5, 5.41) is 0. The maximum absolute atomic E-state index is 11.1. The molecule has 0 bridgehead atoms. The Morgan fingerprint density at radius 3 is 2.22 bits per heavy atom. The number of benzene rings is 2. The van der Waals surface area contributed by atoms with E-state index in [1.807, 2.05) is 54.6 Å². The average molecular weight is 242 g/mol. The highest BCUT2D eigenvalue weighted by atomic mass is 16.5. The summed E-state index contributed by atoms with van der Waals surface area (Å²) >= 11 is 0. The molecule has 2 rings (SSSR count). The monoisotopic (exact) mass is 242 g/mol. The lowest BCUT2D eigenvalue weighted by atomic mass is 10.1. The van der Waals surface area contributed by atoms with E-state index >= 15 is 0 Å². The van der Waals surface area contributed by atoms with Gasteiger partial charge in [0.1, 0.15) is 11.5 Å². The van der Waals surface area contributed by atoms with E-state index in [0.717, 1.165) is 17.1 Å². The summed E-state index contributed by atoms with van der Waals surface area (Å²) in [6.45, 7) is 0.